The van der Waals surface area contributed by atoms with Crippen LogP contribution in [0.5, 0.6) is 0 Å². The van der Waals surface area contributed by atoms with Crippen molar-refractivity contribution in [3.8, 4) is 0 Å². The van der Waals surface area contributed by atoms with Crippen molar-refractivity contribution in [2.45, 2.75) is 64.7 Å². The molecule has 0 bridgehead atoms. The summed E-state index contributed by atoms with van der Waals surface area (Å²) < 4.78 is 0. The summed E-state index contributed by atoms with van der Waals surface area (Å²) in [5, 5.41) is 0. The van der Waals surface area contributed by atoms with E-state index in [1.54, 1.807) is 0 Å². The topological polar surface area (TPSA) is 43.1 Å². The van der Waals surface area contributed by atoms with Crippen molar-refractivity contribution >= 4 is 5.78 Å². The van der Waals surface area contributed by atoms with Gasteiger partial charge in [0.25, 0.3) is 0 Å². The predicted molar refractivity (Wildman–Crippen MR) is 70.7 cm³/mol. The molecular formula is C15H27NO. The molecule has 0 aromatic carbocycles. The van der Waals surface area contributed by atoms with E-state index >= 15 is 0 Å². The molecule has 2 saturated carbocycles. The van der Waals surface area contributed by atoms with Gasteiger partial charge in [0.1, 0.15) is 5.78 Å². The van der Waals surface area contributed by atoms with Gasteiger partial charge in [-0.2, -0.15) is 0 Å². The summed E-state index contributed by atoms with van der Waals surface area (Å²) in [6.07, 6.45) is 10.5. The molecule has 2 rings (SSSR count). The quantitative estimate of drug-likeness (QED) is 0.797. The SMILES string of the molecule is CCC1CCCCC1C(=O)CC1(CN)CCC1. The molecule has 2 N–H and O–H groups in total. The summed E-state index contributed by atoms with van der Waals surface area (Å²) in [4.78, 5) is 12.5. The van der Waals surface area contributed by atoms with E-state index in [0.29, 0.717) is 24.2 Å². The van der Waals surface area contributed by atoms with E-state index in [4.69, 9.17) is 5.73 Å². The number of rotatable bonds is 5. The fourth-order valence-electron chi connectivity index (χ4n) is 3.75. The summed E-state index contributed by atoms with van der Waals surface area (Å²) >= 11 is 0. The molecule has 2 heteroatoms. The molecule has 2 atom stereocenters. The van der Waals surface area contributed by atoms with Crippen LogP contribution in [0.4, 0.5) is 0 Å². The van der Waals surface area contributed by atoms with Crippen LogP contribution >= 0.6 is 0 Å². The molecule has 0 radical (unpaired) electrons. The van der Waals surface area contributed by atoms with Gasteiger partial charge in [-0.15, -0.1) is 0 Å². The largest absolute Gasteiger partial charge is 0.330 e. The highest BCUT2D eigenvalue weighted by molar-refractivity contribution is 5.82. The van der Waals surface area contributed by atoms with Gasteiger partial charge in [-0.3, -0.25) is 4.79 Å². The summed E-state index contributed by atoms with van der Waals surface area (Å²) in [5.41, 5.74) is 6.06. The second kappa shape index (κ2) is 5.51. The van der Waals surface area contributed by atoms with E-state index in [9.17, 15) is 4.79 Å². The van der Waals surface area contributed by atoms with Crippen molar-refractivity contribution < 1.29 is 4.79 Å². The zero-order chi connectivity index (χ0) is 12.3. The fourth-order valence-corrected chi connectivity index (χ4v) is 3.75. The Morgan fingerprint density at radius 3 is 2.47 bits per heavy atom. The number of hydrogen-bond acceptors (Lipinski definition) is 2. The van der Waals surface area contributed by atoms with Gasteiger partial charge in [0, 0.05) is 12.3 Å². The van der Waals surface area contributed by atoms with Gasteiger partial charge in [0.15, 0.2) is 0 Å². The second-order valence-electron chi connectivity index (χ2n) is 6.26. The average Bonchev–Trinajstić information content (AvgIpc) is 2.33. The highest BCUT2D eigenvalue weighted by atomic mass is 16.1. The molecule has 0 saturated heterocycles. The highest BCUT2D eigenvalue weighted by Gasteiger charge is 2.40. The first-order chi connectivity index (χ1) is 8.21. The van der Waals surface area contributed by atoms with Gasteiger partial charge in [0.2, 0.25) is 0 Å². The predicted octanol–water partition coefficient (Wildman–Crippen LogP) is 3.29. The lowest BCUT2D eigenvalue weighted by molar-refractivity contribution is -0.129. The zero-order valence-electron chi connectivity index (χ0n) is 11.2. The van der Waals surface area contributed by atoms with Crippen molar-refractivity contribution in [1.82, 2.24) is 0 Å². The molecule has 98 valence electrons. The maximum Gasteiger partial charge on any atom is 0.136 e. The molecule has 0 spiro atoms. The van der Waals surface area contributed by atoms with Crippen LogP contribution in [0.1, 0.15) is 64.7 Å². The Kier molecular flexibility index (Phi) is 4.24. The zero-order valence-corrected chi connectivity index (χ0v) is 11.2. The number of hydrogen-bond donors (Lipinski definition) is 1. The van der Waals surface area contributed by atoms with Crippen LogP contribution in [0, 0.1) is 17.3 Å². The number of ketones is 1. The first-order valence-electron chi connectivity index (χ1n) is 7.43. The van der Waals surface area contributed by atoms with Gasteiger partial charge in [-0.25, -0.2) is 0 Å². The van der Waals surface area contributed by atoms with Crippen molar-refractivity contribution in [2.75, 3.05) is 6.54 Å². The maximum absolute atomic E-state index is 12.5. The van der Waals surface area contributed by atoms with Gasteiger partial charge < -0.3 is 5.73 Å². The molecule has 0 aromatic rings. The summed E-state index contributed by atoms with van der Waals surface area (Å²) in [7, 11) is 0. The molecule has 2 fully saturated rings. The normalized spacial score (nSPS) is 31.9. The maximum atomic E-state index is 12.5. The standard InChI is InChI=1S/C15H27NO/c1-2-12-6-3-4-7-13(12)14(17)10-15(11-16)8-5-9-15/h12-13H,2-11,16H2,1H3. The number of Topliss-reactive ketones (excluding diaryl/α,β-unsaturated/α-hetero) is 1. The molecular weight excluding hydrogens is 210 g/mol. The summed E-state index contributed by atoms with van der Waals surface area (Å²) in [5.74, 6) is 1.55. The van der Waals surface area contributed by atoms with Crippen LogP contribution in [0.25, 0.3) is 0 Å². The third kappa shape index (κ3) is 2.73. The van der Waals surface area contributed by atoms with Crippen LogP contribution in [-0.2, 0) is 4.79 Å². The number of nitrogens with two attached hydrogens (primary N) is 1. The average molecular weight is 237 g/mol. The lowest BCUT2D eigenvalue weighted by Crippen LogP contribution is -2.41. The Balaban J connectivity index is 1.93. The molecule has 2 unspecified atom stereocenters. The molecule has 0 heterocycles. The van der Waals surface area contributed by atoms with Crippen molar-refractivity contribution in [1.29, 1.82) is 0 Å². The third-order valence-corrected chi connectivity index (χ3v) is 5.24. The first kappa shape index (κ1) is 13.1. The molecule has 17 heavy (non-hydrogen) atoms. The first-order valence-corrected chi connectivity index (χ1v) is 7.43. The van der Waals surface area contributed by atoms with E-state index in [2.05, 4.69) is 6.92 Å². The van der Waals surface area contributed by atoms with Gasteiger partial charge in [0.05, 0.1) is 0 Å². The molecule has 0 aliphatic heterocycles. The molecule has 2 aliphatic carbocycles. The fraction of sp³-hybridized carbons (Fsp3) is 0.933. The van der Waals surface area contributed by atoms with Crippen LogP contribution in [-0.4, -0.2) is 12.3 Å². The van der Waals surface area contributed by atoms with Crippen molar-refractivity contribution in [3.63, 3.8) is 0 Å². The minimum Gasteiger partial charge on any atom is -0.330 e. The van der Waals surface area contributed by atoms with Crippen LogP contribution in [0.2, 0.25) is 0 Å². The third-order valence-electron chi connectivity index (χ3n) is 5.24. The summed E-state index contributed by atoms with van der Waals surface area (Å²) in [6.45, 7) is 2.95. The van der Waals surface area contributed by atoms with E-state index in [1.165, 1.54) is 44.9 Å². The summed E-state index contributed by atoms with van der Waals surface area (Å²) in [6, 6.07) is 0. The lowest BCUT2D eigenvalue weighted by Gasteiger charge is -2.42. The van der Waals surface area contributed by atoms with E-state index in [1.807, 2.05) is 0 Å². The minimum absolute atomic E-state index is 0.201. The Labute approximate surface area is 105 Å². The van der Waals surface area contributed by atoms with Gasteiger partial charge in [-0.1, -0.05) is 32.6 Å². The van der Waals surface area contributed by atoms with Crippen LogP contribution in [0.3, 0.4) is 0 Å². The molecule has 0 amide bonds. The minimum atomic E-state index is 0.201. The van der Waals surface area contributed by atoms with E-state index in [-0.39, 0.29) is 5.41 Å². The Morgan fingerprint density at radius 2 is 1.94 bits per heavy atom. The van der Waals surface area contributed by atoms with E-state index in [0.717, 1.165) is 12.8 Å². The van der Waals surface area contributed by atoms with Crippen molar-refractivity contribution in [2.24, 2.45) is 23.0 Å². The number of carbonyl (C=O) groups is 1. The Hall–Kier alpha value is -0.370. The molecule has 2 nitrogen and oxygen atoms in total. The number of carbonyl (C=O) groups excluding carboxylic acids is 1. The molecule has 0 aromatic heterocycles. The molecule has 2 aliphatic rings. The lowest BCUT2D eigenvalue weighted by atomic mass is 9.63. The Morgan fingerprint density at radius 1 is 1.24 bits per heavy atom. The van der Waals surface area contributed by atoms with Crippen molar-refractivity contribution in [3.05, 3.63) is 0 Å². The monoisotopic (exact) mass is 237 g/mol. The van der Waals surface area contributed by atoms with Gasteiger partial charge in [-0.05, 0) is 43.6 Å². The van der Waals surface area contributed by atoms with E-state index < -0.39 is 0 Å². The Bertz CT molecular complexity index is 265. The second-order valence-corrected chi connectivity index (χ2v) is 6.26. The smallest absolute Gasteiger partial charge is 0.136 e. The highest BCUT2D eigenvalue weighted by Crippen LogP contribution is 2.45. The van der Waals surface area contributed by atoms with Gasteiger partial charge >= 0.3 is 0 Å². The van der Waals surface area contributed by atoms with Crippen LogP contribution in [0.15, 0.2) is 0 Å². The van der Waals surface area contributed by atoms with Crippen LogP contribution < -0.4 is 5.73 Å².